The highest BCUT2D eigenvalue weighted by molar-refractivity contribution is 14.1. The van der Waals surface area contributed by atoms with Crippen LogP contribution in [-0.2, 0) is 13.0 Å². The van der Waals surface area contributed by atoms with Crippen LogP contribution in [0.4, 0.5) is 0 Å². The number of carbonyl (C=O) groups is 1. The van der Waals surface area contributed by atoms with Crippen LogP contribution < -0.4 is 4.74 Å². The highest BCUT2D eigenvalue weighted by Crippen LogP contribution is 2.22. The Hall–Kier alpha value is -1.62. The predicted octanol–water partition coefficient (Wildman–Crippen LogP) is 4.41. The highest BCUT2D eigenvalue weighted by atomic mass is 127. The Balaban J connectivity index is 2.13. The third-order valence-corrected chi connectivity index (χ3v) is 3.61. The third-order valence-electron chi connectivity index (χ3n) is 2.89. The number of benzene rings is 2. The molecule has 0 unspecified atom stereocenters. The van der Waals surface area contributed by atoms with Gasteiger partial charge in [0.05, 0.1) is 0 Å². The molecule has 2 rings (SSSR count). The van der Waals surface area contributed by atoms with Crippen molar-refractivity contribution >= 4 is 28.9 Å². The summed E-state index contributed by atoms with van der Waals surface area (Å²) in [4.78, 5) is 10.8. The molecule has 0 aromatic heterocycles. The van der Waals surface area contributed by atoms with Gasteiger partial charge in [0.25, 0.3) is 0 Å². The monoisotopic (exact) mass is 378 g/mol. The van der Waals surface area contributed by atoms with E-state index in [1.807, 2.05) is 18.2 Å². The summed E-state index contributed by atoms with van der Waals surface area (Å²) in [5.74, 6) is 0.800. The molecule has 2 aromatic rings. The quantitative estimate of drug-likeness (QED) is 0.423. The molecule has 0 atom stereocenters. The molecule has 0 bridgehead atoms. The van der Waals surface area contributed by atoms with Crippen molar-refractivity contribution in [2.24, 2.45) is 0 Å². The fourth-order valence-corrected chi connectivity index (χ4v) is 2.23. The number of allylic oxidation sites excluding steroid dienone is 1. The summed E-state index contributed by atoms with van der Waals surface area (Å²) >= 11 is 2.28. The van der Waals surface area contributed by atoms with Crippen LogP contribution in [0.3, 0.4) is 0 Å². The fourth-order valence-electron chi connectivity index (χ4n) is 1.87. The summed E-state index contributed by atoms with van der Waals surface area (Å²) in [5.41, 5.74) is 2.76. The molecular formula is C17H15IO2. The lowest BCUT2D eigenvalue weighted by atomic mass is 10.1. The number of ether oxygens (including phenoxy) is 1. The van der Waals surface area contributed by atoms with E-state index in [4.69, 9.17) is 4.74 Å². The van der Waals surface area contributed by atoms with Crippen molar-refractivity contribution in [3.05, 3.63) is 75.4 Å². The lowest BCUT2D eigenvalue weighted by Gasteiger charge is -2.11. The standard InChI is InChI=1S/C17H15IO2/c1-2-3-15-10-14(11-19)6-9-17(15)20-12-13-4-7-16(18)8-5-13/h2,4-11H,1,3,12H2. The van der Waals surface area contributed by atoms with E-state index in [0.29, 0.717) is 18.6 Å². The van der Waals surface area contributed by atoms with Crippen LogP contribution in [0.25, 0.3) is 0 Å². The lowest BCUT2D eigenvalue weighted by molar-refractivity contribution is 0.112. The van der Waals surface area contributed by atoms with Gasteiger partial charge in [-0.2, -0.15) is 0 Å². The Morgan fingerprint density at radius 1 is 1.15 bits per heavy atom. The first-order valence-electron chi connectivity index (χ1n) is 6.29. The van der Waals surface area contributed by atoms with Gasteiger partial charge >= 0.3 is 0 Å². The Labute approximate surface area is 132 Å². The minimum atomic E-state index is 0.515. The first kappa shape index (κ1) is 14.8. The van der Waals surface area contributed by atoms with Gasteiger partial charge in [0.2, 0.25) is 0 Å². The average molecular weight is 378 g/mol. The summed E-state index contributed by atoms with van der Waals surface area (Å²) in [6.45, 7) is 4.25. The first-order valence-corrected chi connectivity index (χ1v) is 7.37. The normalized spacial score (nSPS) is 10.1. The van der Waals surface area contributed by atoms with Crippen molar-refractivity contribution in [1.29, 1.82) is 0 Å². The molecule has 0 amide bonds. The van der Waals surface area contributed by atoms with Gasteiger partial charge in [-0.05, 0) is 70.5 Å². The number of hydrogen-bond acceptors (Lipinski definition) is 2. The maximum absolute atomic E-state index is 10.8. The van der Waals surface area contributed by atoms with E-state index >= 15 is 0 Å². The zero-order valence-electron chi connectivity index (χ0n) is 11.0. The number of rotatable bonds is 6. The first-order chi connectivity index (χ1) is 9.72. The second kappa shape index (κ2) is 7.24. The molecule has 0 fully saturated rings. The van der Waals surface area contributed by atoms with Crippen LogP contribution in [-0.4, -0.2) is 6.29 Å². The van der Waals surface area contributed by atoms with Crippen LogP contribution >= 0.6 is 22.6 Å². The molecule has 102 valence electrons. The molecule has 20 heavy (non-hydrogen) atoms. The molecule has 0 radical (unpaired) electrons. The van der Waals surface area contributed by atoms with E-state index in [1.165, 1.54) is 3.57 Å². The van der Waals surface area contributed by atoms with E-state index in [9.17, 15) is 4.79 Å². The number of carbonyl (C=O) groups excluding carboxylic acids is 1. The van der Waals surface area contributed by atoms with E-state index in [1.54, 1.807) is 6.07 Å². The summed E-state index contributed by atoms with van der Waals surface area (Å²) in [6, 6.07) is 13.7. The molecule has 2 nitrogen and oxygen atoms in total. The Kier molecular flexibility index (Phi) is 5.35. The van der Waals surface area contributed by atoms with Crippen LogP contribution in [0.2, 0.25) is 0 Å². The maximum Gasteiger partial charge on any atom is 0.150 e. The molecule has 3 heteroatoms. The van der Waals surface area contributed by atoms with Gasteiger partial charge in [0.1, 0.15) is 18.6 Å². The van der Waals surface area contributed by atoms with Gasteiger partial charge in [0, 0.05) is 9.13 Å². The number of aldehydes is 1. The molecule has 0 aliphatic carbocycles. The van der Waals surface area contributed by atoms with Crippen molar-refractivity contribution in [2.45, 2.75) is 13.0 Å². The van der Waals surface area contributed by atoms with Gasteiger partial charge in [-0.1, -0.05) is 18.2 Å². The summed E-state index contributed by atoms with van der Waals surface area (Å²) < 4.78 is 7.05. The van der Waals surface area contributed by atoms with Crippen molar-refractivity contribution < 1.29 is 9.53 Å². The molecule has 0 heterocycles. The molecule has 0 saturated carbocycles. The van der Waals surface area contributed by atoms with Crippen molar-refractivity contribution in [1.82, 2.24) is 0 Å². The van der Waals surface area contributed by atoms with Gasteiger partial charge in [-0.3, -0.25) is 4.79 Å². The van der Waals surface area contributed by atoms with Gasteiger partial charge in [-0.15, -0.1) is 6.58 Å². The van der Waals surface area contributed by atoms with Crippen molar-refractivity contribution in [2.75, 3.05) is 0 Å². The van der Waals surface area contributed by atoms with E-state index in [0.717, 1.165) is 23.2 Å². The van der Waals surface area contributed by atoms with E-state index in [-0.39, 0.29) is 0 Å². The highest BCUT2D eigenvalue weighted by Gasteiger charge is 2.04. The largest absolute Gasteiger partial charge is 0.489 e. The molecule has 0 saturated heterocycles. The van der Waals surface area contributed by atoms with Gasteiger partial charge in [-0.25, -0.2) is 0 Å². The van der Waals surface area contributed by atoms with Crippen LogP contribution in [0.15, 0.2) is 55.1 Å². The SMILES string of the molecule is C=CCc1cc(C=O)ccc1OCc1ccc(I)cc1. The minimum Gasteiger partial charge on any atom is -0.489 e. The van der Waals surface area contributed by atoms with E-state index < -0.39 is 0 Å². The molecule has 0 N–H and O–H groups in total. The third kappa shape index (κ3) is 3.93. The molecule has 2 aromatic carbocycles. The summed E-state index contributed by atoms with van der Waals surface area (Å²) in [5, 5.41) is 0. The average Bonchev–Trinajstić information content (AvgIpc) is 2.48. The zero-order valence-corrected chi connectivity index (χ0v) is 13.2. The molecular weight excluding hydrogens is 363 g/mol. The topological polar surface area (TPSA) is 26.3 Å². The van der Waals surface area contributed by atoms with Crippen molar-refractivity contribution in [3.63, 3.8) is 0 Å². The Bertz CT molecular complexity index is 603. The molecule has 0 spiro atoms. The maximum atomic E-state index is 10.8. The second-order valence-electron chi connectivity index (χ2n) is 4.39. The Morgan fingerprint density at radius 3 is 2.55 bits per heavy atom. The van der Waals surface area contributed by atoms with Crippen LogP contribution in [0.5, 0.6) is 5.75 Å². The second-order valence-corrected chi connectivity index (χ2v) is 5.64. The number of halogens is 1. The Morgan fingerprint density at radius 2 is 1.90 bits per heavy atom. The smallest absolute Gasteiger partial charge is 0.150 e. The summed E-state index contributed by atoms with van der Waals surface area (Å²) in [6.07, 6.45) is 3.33. The van der Waals surface area contributed by atoms with Gasteiger partial charge < -0.3 is 4.74 Å². The minimum absolute atomic E-state index is 0.515. The predicted molar refractivity (Wildman–Crippen MR) is 89.2 cm³/mol. The zero-order chi connectivity index (χ0) is 14.4. The lowest BCUT2D eigenvalue weighted by Crippen LogP contribution is -1.99. The van der Waals surface area contributed by atoms with Crippen LogP contribution in [0, 0.1) is 3.57 Å². The molecule has 0 aliphatic heterocycles. The summed E-state index contributed by atoms with van der Waals surface area (Å²) in [7, 11) is 0. The fraction of sp³-hybridized carbons (Fsp3) is 0.118. The van der Waals surface area contributed by atoms with Gasteiger partial charge in [0.15, 0.2) is 0 Å². The van der Waals surface area contributed by atoms with Crippen LogP contribution in [0.1, 0.15) is 21.5 Å². The van der Waals surface area contributed by atoms with E-state index in [2.05, 4.69) is 53.4 Å². The number of hydrogen-bond donors (Lipinski definition) is 0. The van der Waals surface area contributed by atoms with Crippen molar-refractivity contribution in [3.8, 4) is 5.75 Å². The molecule has 0 aliphatic rings.